The van der Waals surface area contributed by atoms with Gasteiger partial charge in [-0.15, -0.1) is 0 Å². The number of carbonyl (C=O) groups is 1. The molecule has 1 aromatic rings. The van der Waals surface area contributed by atoms with Crippen molar-refractivity contribution in [2.24, 2.45) is 0 Å². The fraction of sp³-hybridized carbons (Fsp3) is 0.300. The Balaban J connectivity index is 3.08. The van der Waals surface area contributed by atoms with Crippen LogP contribution < -0.4 is 0 Å². The van der Waals surface area contributed by atoms with Gasteiger partial charge >= 0.3 is 0 Å². The summed E-state index contributed by atoms with van der Waals surface area (Å²) in [6.45, 7) is 5.26. The summed E-state index contributed by atoms with van der Waals surface area (Å²) in [6.07, 6.45) is 4.83. The maximum atomic E-state index is 10.8. The Labute approximate surface area is 77.5 Å². The van der Waals surface area contributed by atoms with Gasteiger partial charge in [0.05, 0.1) is 11.4 Å². The van der Waals surface area contributed by atoms with Crippen LogP contribution in [0.3, 0.4) is 0 Å². The molecular weight excluding hydrogens is 164 g/mol. The largest absolute Gasteiger partial charge is 0.295 e. The fourth-order valence-electron chi connectivity index (χ4n) is 1.17. The number of aromatic nitrogens is 2. The summed E-state index contributed by atoms with van der Waals surface area (Å²) < 4.78 is 0. The van der Waals surface area contributed by atoms with Gasteiger partial charge in [0.1, 0.15) is 0 Å². The van der Waals surface area contributed by atoms with Gasteiger partial charge in [-0.25, -0.2) is 0 Å². The van der Waals surface area contributed by atoms with Crippen LogP contribution in [0.5, 0.6) is 0 Å². The zero-order valence-corrected chi connectivity index (χ0v) is 8.03. The molecule has 0 saturated heterocycles. The van der Waals surface area contributed by atoms with Crippen molar-refractivity contribution in [3.05, 3.63) is 29.9 Å². The van der Waals surface area contributed by atoms with Crippen molar-refractivity contribution in [1.29, 1.82) is 0 Å². The standard InChI is InChI=1S/C10H12N2O/c1-7(6-8(2)13)10-9(3)11-4-5-12-10/h4-6H,1-3H3/b7-6-. The molecule has 3 heteroatoms. The van der Waals surface area contributed by atoms with Crippen LogP contribution in [0.2, 0.25) is 0 Å². The molecule has 0 atom stereocenters. The van der Waals surface area contributed by atoms with E-state index in [4.69, 9.17) is 0 Å². The molecule has 0 N–H and O–H groups in total. The first kappa shape index (κ1) is 9.58. The Morgan fingerprint density at radius 3 is 2.46 bits per heavy atom. The Bertz CT molecular complexity index is 356. The van der Waals surface area contributed by atoms with E-state index < -0.39 is 0 Å². The molecule has 0 spiro atoms. The molecule has 1 aromatic heterocycles. The lowest BCUT2D eigenvalue weighted by molar-refractivity contribution is -0.112. The predicted molar refractivity (Wildman–Crippen MR) is 51.1 cm³/mol. The average Bonchev–Trinajstić information content (AvgIpc) is 2.03. The van der Waals surface area contributed by atoms with Crippen molar-refractivity contribution in [2.45, 2.75) is 20.8 Å². The van der Waals surface area contributed by atoms with Gasteiger partial charge in [-0.2, -0.15) is 0 Å². The summed E-state index contributed by atoms with van der Waals surface area (Å²) in [7, 11) is 0. The first-order chi connectivity index (χ1) is 6.11. The van der Waals surface area contributed by atoms with Gasteiger partial charge in [-0.3, -0.25) is 14.8 Å². The van der Waals surface area contributed by atoms with Crippen LogP contribution in [0.4, 0.5) is 0 Å². The highest BCUT2D eigenvalue weighted by Crippen LogP contribution is 2.12. The summed E-state index contributed by atoms with van der Waals surface area (Å²) in [5, 5.41) is 0. The lowest BCUT2D eigenvalue weighted by Crippen LogP contribution is -1.95. The van der Waals surface area contributed by atoms with Crippen molar-refractivity contribution >= 4 is 11.4 Å². The number of ketones is 1. The molecule has 3 nitrogen and oxygen atoms in total. The van der Waals surface area contributed by atoms with Crippen LogP contribution in [0.25, 0.3) is 5.57 Å². The SMILES string of the molecule is CC(=O)/C=C(/C)c1nccnc1C. The van der Waals surface area contributed by atoms with Gasteiger partial charge in [0.15, 0.2) is 5.78 Å². The molecule has 0 aliphatic carbocycles. The third kappa shape index (κ3) is 2.47. The molecule has 0 amide bonds. The molecule has 0 bridgehead atoms. The molecule has 0 unspecified atom stereocenters. The van der Waals surface area contributed by atoms with Gasteiger partial charge in [0.25, 0.3) is 0 Å². The van der Waals surface area contributed by atoms with E-state index in [0.29, 0.717) is 0 Å². The van der Waals surface area contributed by atoms with Crippen LogP contribution in [0.1, 0.15) is 25.2 Å². The second kappa shape index (κ2) is 3.94. The van der Waals surface area contributed by atoms with Gasteiger partial charge in [-0.1, -0.05) is 0 Å². The summed E-state index contributed by atoms with van der Waals surface area (Å²) in [4.78, 5) is 19.1. The van der Waals surface area contributed by atoms with Crippen LogP contribution in [-0.2, 0) is 4.79 Å². The maximum Gasteiger partial charge on any atom is 0.152 e. The van der Waals surface area contributed by atoms with E-state index >= 15 is 0 Å². The Morgan fingerprint density at radius 1 is 1.31 bits per heavy atom. The molecule has 68 valence electrons. The highest BCUT2D eigenvalue weighted by Gasteiger charge is 2.02. The minimum Gasteiger partial charge on any atom is -0.295 e. The minimum atomic E-state index is 0.0301. The van der Waals surface area contributed by atoms with Crippen molar-refractivity contribution in [2.75, 3.05) is 0 Å². The lowest BCUT2D eigenvalue weighted by Gasteiger charge is -2.01. The molecular formula is C10H12N2O. The van der Waals surface area contributed by atoms with Crippen LogP contribution in [0.15, 0.2) is 18.5 Å². The number of carbonyl (C=O) groups excluding carboxylic acids is 1. The zero-order valence-electron chi connectivity index (χ0n) is 8.03. The molecule has 1 rings (SSSR count). The summed E-state index contributed by atoms with van der Waals surface area (Å²) in [5.41, 5.74) is 2.49. The van der Waals surface area contributed by atoms with Gasteiger partial charge < -0.3 is 0 Å². The van der Waals surface area contributed by atoms with Crippen molar-refractivity contribution in [3.8, 4) is 0 Å². The number of aryl methyl sites for hydroxylation is 1. The number of rotatable bonds is 2. The Morgan fingerprint density at radius 2 is 1.92 bits per heavy atom. The average molecular weight is 176 g/mol. The van der Waals surface area contributed by atoms with Crippen molar-refractivity contribution < 1.29 is 4.79 Å². The first-order valence-corrected chi connectivity index (χ1v) is 4.08. The minimum absolute atomic E-state index is 0.0301. The molecule has 0 aliphatic rings. The van der Waals surface area contributed by atoms with Crippen LogP contribution in [0, 0.1) is 6.92 Å². The van der Waals surface area contributed by atoms with E-state index in [1.807, 2.05) is 13.8 Å². The summed E-state index contributed by atoms with van der Waals surface area (Å²) in [6, 6.07) is 0. The third-order valence-corrected chi connectivity index (χ3v) is 1.67. The zero-order chi connectivity index (χ0) is 9.84. The fourth-order valence-corrected chi connectivity index (χ4v) is 1.17. The topological polar surface area (TPSA) is 42.9 Å². The lowest BCUT2D eigenvalue weighted by atomic mass is 10.1. The van der Waals surface area contributed by atoms with E-state index in [1.165, 1.54) is 6.92 Å². The van der Waals surface area contributed by atoms with Crippen LogP contribution >= 0.6 is 0 Å². The molecule has 0 aromatic carbocycles. The van der Waals surface area contributed by atoms with Crippen molar-refractivity contribution in [1.82, 2.24) is 9.97 Å². The summed E-state index contributed by atoms with van der Waals surface area (Å²) >= 11 is 0. The van der Waals surface area contributed by atoms with E-state index in [-0.39, 0.29) is 5.78 Å². The number of nitrogens with zero attached hydrogens (tertiary/aromatic N) is 2. The smallest absolute Gasteiger partial charge is 0.152 e. The van der Waals surface area contributed by atoms with E-state index in [1.54, 1.807) is 18.5 Å². The molecule has 1 heterocycles. The maximum absolute atomic E-state index is 10.8. The second-order valence-electron chi connectivity index (χ2n) is 2.93. The third-order valence-electron chi connectivity index (χ3n) is 1.67. The highest BCUT2D eigenvalue weighted by atomic mass is 16.1. The molecule has 0 saturated carbocycles. The summed E-state index contributed by atoms with van der Waals surface area (Å²) in [5.74, 6) is 0.0301. The molecule has 0 radical (unpaired) electrons. The predicted octanol–water partition coefficient (Wildman–Crippen LogP) is 1.78. The number of allylic oxidation sites excluding steroid dienone is 2. The van der Waals surface area contributed by atoms with Gasteiger partial charge in [0, 0.05) is 12.4 Å². The second-order valence-corrected chi connectivity index (χ2v) is 2.93. The van der Waals surface area contributed by atoms with E-state index in [0.717, 1.165) is 17.0 Å². The van der Waals surface area contributed by atoms with E-state index in [9.17, 15) is 4.79 Å². The number of hydrogen-bond acceptors (Lipinski definition) is 3. The Kier molecular flexibility index (Phi) is 2.90. The molecule has 0 aliphatic heterocycles. The first-order valence-electron chi connectivity index (χ1n) is 4.08. The van der Waals surface area contributed by atoms with Crippen LogP contribution in [-0.4, -0.2) is 15.8 Å². The van der Waals surface area contributed by atoms with E-state index in [2.05, 4.69) is 9.97 Å². The normalized spacial score (nSPS) is 11.5. The number of hydrogen-bond donors (Lipinski definition) is 0. The highest BCUT2D eigenvalue weighted by molar-refractivity contribution is 5.94. The molecule has 0 fully saturated rings. The van der Waals surface area contributed by atoms with Gasteiger partial charge in [0.2, 0.25) is 0 Å². The molecule has 13 heavy (non-hydrogen) atoms. The van der Waals surface area contributed by atoms with Crippen molar-refractivity contribution in [3.63, 3.8) is 0 Å². The Hall–Kier alpha value is -1.51. The van der Waals surface area contributed by atoms with Gasteiger partial charge in [-0.05, 0) is 32.4 Å². The quantitative estimate of drug-likeness (QED) is 0.645. The monoisotopic (exact) mass is 176 g/mol.